The Morgan fingerprint density at radius 1 is 1.31 bits per heavy atom. The van der Waals surface area contributed by atoms with Gasteiger partial charge < -0.3 is 4.90 Å². The second-order valence-corrected chi connectivity index (χ2v) is 3.75. The van der Waals surface area contributed by atoms with Crippen LogP contribution < -0.4 is 0 Å². The molecule has 0 spiro atoms. The van der Waals surface area contributed by atoms with Crippen molar-refractivity contribution in [3.8, 4) is 0 Å². The van der Waals surface area contributed by atoms with Crippen LogP contribution in [0.5, 0.6) is 0 Å². The lowest BCUT2D eigenvalue weighted by Crippen LogP contribution is -2.32. The number of allylic oxidation sites excluding steroid dienone is 1. The maximum absolute atomic E-state index is 11.7. The molecule has 0 bridgehead atoms. The normalized spacial score (nSPS) is 23.2. The smallest absolute Gasteiger partial charge is 0.253 e. The van der Waals surface area contributed by atoms with Crippen LogP contribution in [0, 0.1) is 0 Å². The first-order valence-corrected chi connectivity index (χ1v) is 4.94. The van der Waals surface area contributed by atoms with E-state index in [4.69, 9.17) is 0 Å². The number of carbonyl (C=O) groups excluding carboxylic acids is 1. The zero-order valence-electron chi connectivity index (χ0n) is 8.05. The highest BCUT2D eigenvalue weighted by atomic mass is 16.2. The number of likely N-dealkylation sites (N-methyl/N-ethyl adjacent to an activating group) is 1. The Labute approximate surface area is 78.9 Å². The van der Waals surface area contributed by atoms with Gasteiger partial charge in [-0.2, -0.15) is 0 Å². The van der Waals surface area contributed by atoms with Gasteiger partial charge in [0.1, 0.15) is 0 Å². The average Bonchev–Trinajstić information content (AvgIpc) is 2.62. The molecule has 1 amide bonds. The maximum Gasteiger partial charge on any atom is 0.253 e. The molecule has 2 heteroatoms. The molecule has 0 fully saturated rings. The number of rotatable bonds is 1. The van der Waals surface area contributed by atoms with Crippen LogP contribution in [-0.2, 0) is 4.79 Å². The second kappa shape index (κ2) is 3.36. The molecular formula is C11H15NO. The molecule has 1 aliphatic heterocycles. The zero-order valence-corrected chi connectivity index (χ0v) is 8.05. The Morgan fingerprint density at radius 3 is 2.85 bits per heavy atom. The van der Waals surface area contributed by atoms with Crippen molar-refractivity contribution in [3.63, 3.8) is 0 Å². The highest BCUT2D eigenvalue weighted by Crippen LogP contribution is 2.27. The molecule has 2 rings (SSSR count). The van der Waals surface area contributed by atoms with E-state index in [1.54, 1.807) is 0 Å². The van der Waals surface area contributed by atoms with Crippen molar-refractivity contribution in [2.45, 2.75) is 25.7 Å². The first-order valence-electron chi connectivity index (χ1n) is 4.94. The summed E-state index contributed by atoms with van der Waals surface area (Å²) in [5.74, 6) is 0.208. The van der Waals surface area contributed by atoms with Crippen molar-refractivity contribution in [1.82, 2.24) is 4.90 Å². The third-order valence-electron chi connectivity index (χ3n) is 2.78. The summed E-state index contributed by atoms with van der Waals surface area (Å²) in [6, 6.07) is 0. The molecular weight excluding hydrogens is 162 g/mol. The van der Waals surface area contributed by atoms with Crippen LogP contribution in [0.25, 0.3) is 0 Å². The Balaban J connectivity index is 2.22. The summed E-state index contributed by atoms with van der Waals surface area (Å²) < 4.78 is 0. The first-order chi connectivity index (χ1) is 6.29. The van der Waals surface area contributed by atoms with Crippen LogP contribution in [-0.4, -0.2) is 24.4 Å². The summed E-state index contributed by atoms with van der Waals surface area (Å²) in [6.45, 7) is 0.871. The quantitative estimate of drug-likeness (QED) is 0.599. The van der Waals surface area contributed by atoms with Gasteiger partial charge in [0.25, 0.3) is 5.91 Å². The van der Waals surface area contributed by atoms with Crippen molar-refractivity contribution in [1.29, 1.82) is 0 Å². The monoisotopic (exact) mass is 177 g/mol. The molecule has 2 aliphatic rings. The van der Waals surface area contributed by atoms with Gasteiger partial charge in [0, 0.05) is 19.2 Å². The molecule has 1 aliphatic carbocycles. The van der Waals surface area contributed by atoms with E-state index in [1.165, 1.54) is 12.0 Å². The highest BCUT2D eigenvalue weighted by Gasteiger charge is 2.22. The number of carbonyl (C=O) groups is 1. The van der Waals surface area contributed by atoms with Crippen LogP contribution in [0.3, 0.4) is 0 Å². The number of hydrogen-bond donors (Lipinski definition) is 0. The molecule has 0 unspecified atom stereocenters. The lowest BCUT2D eigenvalue weighted by atomic mass is 10.0. The van der Waals surface area contributed by atoms with Crippen LogP contribution in [0.2, 0.25) is 0 Å². The van der Waals surface area contributed by atoms with E-state index in [0.717, 1.165) is 31.4 Å². The summed E-state index contributed by atoms with van der Waals surface area (Å²) in [4.78, 5) is 13.5. The molecule has 0 N–H and O–H groups in total. The molecule has 0 saturated carbocycles. The number of hydrogen-bond acceptors (Lipinski definition) is 1. The Kier molecular flexibility index (Phi) is 2.21. The van der Waals surface area contributed by atoms with Crippen LogP contribution in [0.1, 0.15) is 25.7 Å². The third-order valence-corrected chi connectivity index (χ3v) is 2.78. The molecule has 0 aromatic carbocycles. The van der Waals surface area contributed by atoms with E-state index in [-0.39, 0.29) is 5.91 Å². The van der Waals surface area contributed by atoms with Gasteiger partial charge in [-0.25, -0.2) is 0 Å². The molecule has 0 saturated heterocycles. The van der Waals surface area contributed by atoms with Gasteiger partial charge in [0.15, 0.2) is 0 Å². The first kappa shape index (κ1) is 8.54. The minimum absolute atomic E-state index is 0.208. The van der Waals surface area contributed by atoms with Crippen LogP contribution in [0.4, 0.5) is 0 Å². The number of amides is 1. The molecule has 1 heterocycles. The van der Waals surface area contributed by atoms with Crippen molar-refractivity contribution in [3.05, 3.63) is 23.3 Å². The van der Waals surface area contributed by atoms with Gasteiger partial charge in [-0.05, 0) is 31.3 Å². The zero-order chi connectivity index (χ0) is 9.26. The lowest BCUT2D eigenvalue weighted by Gasteiger charge is -2.23. The Hall–Kier alpha value is -1.05. The van der Waals surface area contributed by atoms with Gasteiger partial charge in [-0.1, -0.05) is 12.2 Å². The van der Waals surface area contributed by atoms with E-state index >= 15 is 0 Å². The number of nitrogens with zero attached hydrogens (tertiary/aromatic N) is 1. The standard InChI is InChI=1S/C11H15NO/c1-12-8-4-7-10(11(12)13)9-5-2-3-6-9/h5,7H,2-4,6,8H2,1H3. The van der Waals surface area contributed by atoms with Crippen molar-refractivity contribution in [2.24, 2.45) is 0 Å². The fourth-order valence-electron chi connectivity index (χ4n) is 1.98. The minimum Gasteiger partial charge on any atom is -0.341 e. The van der Waals surface area contributed by atoms with Gasteiger partial charge >= 0.3 is 0 Å². The van der Waals surface area contributed by atoms with Crippen LogP contribution >= 0.6 is 0 Å². The Bertz CT molecular complexity index is 288. The van der Waals surface area contributed by atoms with E-state index < -0.39 is 0 Å². The van der Waals surface area contributed by atoms with E-state index in [9.17, 15) is 4.79 Å². The molecule has 0 radical (unpaired) electrons. The topological polar surface area (TPSA) is 20.3 Å². The summed E-state index contributed by atoms with van der Waals surface area (Å²) in [7, 11) is 1.88. The van der Waals surface area contributed by atoms with Gasteiger partial charge in [-0.15, -0.1) is 0 Å². The average molecular weight is 177 g/mol. The molecule has 0 aromatic heterocycles. The summed E-state index contributed by atoms with van der Waals surface area (Å²) in [5, 5.41) is 0. The Morgan fingerprint density at radius 2 is 2.15 bits per heavy atom. The van der Waals surface area contributed by atoms with Gasteiger partial charge in [0.05, 0.1) is 0 Å². The summed E-state index contributed by atoms with van der Waals surface area (Å²) in [5.41, 5.74) is 2.24. The predicted octanol–water partition coefficient (Wildman–Crippen LogP) is 1.89. The van der Waals surface area contributed by atoms with Crippen molar-refractivity contribution < 1.29 is 4.79 Å². The second-order valence-electron chi connectivity index (χ2n) is 3.75. The molecule has 0 atom stereocenters. The summed E-state index contributed by atoms with van der Waals surface area (Å²) in [6.07, 6.45) is 8.76. The van der Waals surface area contributed by atoms with E-state index in [1.807, 2.05) is 11.9 Å². The SMILES string of the molecule is CN1CCC=C(C2=CCCC2)C1=O. The predicted molar refractivity (Wildman–Crippen MR) is 52.3 cm³/mol. The molecule has 2 nitrogen and oxygen atoms in total. The van der Waals surface area contributed by atoms with Crippen molar-refractivity contribution in [2.75, 3.05) is 13.6 Å². The fourth-order valence-corrected chi connectivity index (χ4v) is 1.98. The lowest BCUT2D eigenvalue weighted by molar-refractivity contribution is -0.126. The minimum atomic E-state index is 0.208. The fraction of sp³-hybridized carbons (Fsp3) is 0.545. The molecule has 70 valence electrons. The van der Waals surface area contributed by atoms with Gasteiger partial charge in [0.2, 0.25) is 0 Å². The third kappa shape index (κ3) is 1.53. The van der Waals surface area contributed by atoms with Crippen LogP contribution in [0.15, 0.2) is 23.3 Å². The van der Waals surface area contributed by atoms with Crippen molar-refractivity contribution >= 4 is 5.91 Å². The van der Waals surface area contributed by atoms with E-state index in [2.05, 4.69) is 12.2 Å². The van der Waals surface area contributed by atoms with Gasteiger partial charge in [-0.3, -0.25) is 4.79 Å². The maximum atomic E-state index is 11.7. The van der Waals surface area contributed by atoms with E-state index in [0.29, 0.717) is 0 Å². The molecule has 13 heavy (non-hydrogen) atoms. The molecule has 0 aromatic rings. The highest BCUT2D eigenvalue weighted by molar-refractivity contribution is 5.98. The summed E-state index contributed by atoms with van der Waals surface area (Å²) >= 11 is 0. The largest absolute Gasteiger partial charge is 0.341 e.